The van der Waals surface area contributed by atoms with Crippen molar-refractivity contribution in [1.82, 2.24) is 4.90 Å². The number of nitro groups is 1. The predicted molar refractivity (Wildman–Crippen MR) is 109 cm³/mol. The molecule has 0 aliphatic carbocycles. The lowest BCUT2D eigenvalue weighted by molar-refractivity contribution is -0.385. The zero-order chi connectivity index (χ0) is 21.6. The maximum Gasteiger partial charge on any atom is 0.286 e. The third kappa shape index (κ3) is 4.77. The smallest absolute Gasteiger partial charge is 0.286 e. The molecule has 0 saturated carbocycles. The Hall–Kier alpha value is -3.29. The number of methoxy groups -OCH3 is 2. The number of carbonyl (C=O) groups excluding carboxylic acids is 1. The van der Waals surface area contributed by atoms with E-state index in [9.17, 15) is 14.9 Å². The molecule has 0 aliphatic rings. The molecule has 1 amide bonds. The fourth-order valence-electron chi connectivity index (χ4n) is 3.13. The molecular formula is C21H26N2O6. The van der Waals surface area contributed by atoms with Crippen LogP contribution in [0.5, 0.6) is 17.2 Å². The molecule has 8 heteroatoms. The Kier molecular flexibility index (Phi) is 7.41. The highest BCUT2D eigenvalue weighted by atomic mass is 16.6. The Bertz CT molecular complexity index is 883. The van der Waals surface area contributed by atoms with Crippen LogP contribution in [-0.2, 0) is 0 Å². The van der Waals surface area contributed by atoms with Gasteiger partial charge in [-0.1, -0.05) is 12.1 Å². The summed E-state index contributed by atoms with van der Waals surface area (Å²) < 4.78 is 16.0. The van der Waals surface area contributed by atoms with Gasteiger partial charge in [0.05, 0.1) is 37.9 Å². The number of hydrogen-bond donors (Lipinski definition) is 0. The van der Waals surface area contributed by atoms with Gasteiger partial charge < -0.3 is 19.1 Å². The number of nitrogens with zero attached hydrogens (tertiary/aromatic N) is 2. The van der Waals surface area contributed by atoms with Crippen LogP contribution in [0.1, 0.15) is 42.7 Å². The molecule has 2 rings (SSSR count). The summed E-state index contributed by atoms with van der Waals surface area (Å²) in [6.45, 7) is 6.18. The Labute approximate surface area is 170 Å². The normalized spacial score (nSPS) is 11.5. The Morgan fingerprint density at radius 1 is 1.14 bits per heavy atom. The van der Waals surface area contributed by atoms with Crippen LogP contribution < -0.4 is 14.2 Å². The summed E-state index contributed by atoms with van der Waals surface area (Å²) in [6, 6.07) is 9.67. The van der Waals surface area contributed by atoms with E-state index in [1.165, 1.54) is 19.2 Å². The van der Waals surface area contributed by atoms with Crippen molar-refractivity contribution >= 4 is 11.6 Å². The van der Waals surface area contributed by atoms with Gasteiger partial charge in [-0.2, -0.15) is 0 Å². The second-order valence-electron chi connectivity index (χ2n) is 6.25. The summed E-state index contributed by atoms with van der Waals surface area (Å²) in [7, 11) is 2.97. The average Bonchev–Trinajstić information content (AvgIpc) is 2.73. The summed E-state index contributed by atoms with van der Waals surface area (Å²) in [5.41, 5.74) is 0.489. The van der Waals surface area contributed by atoms with Crippen molar-refractivity contribution < 1.29 is 23.9 Å². The minimum atomic E-state index is -0.588. The van der Waals surface area contributed by atoms with E-state index in [2.05, 4.69) is 0 Å². The van der Waals surface area contributed by atoms with Crippen molar-refractivity contribution in [3.05, 3.63) is 57.6 Å². The second kappa shape index (κ2) is 9.77. The van der Waals surface area contributed by atoms with Crippen molar-refractivity contribution in [3.63, 3.8) is 0 Å². The molecule has 0 N–H and O–H groups in total. The number of benzene rings is 2. The van der Waals surface area contributed by atoms with Gasteiger partial charge in [0.15, 0.2) is 11.5 Å². The highest BCUT2D eigenvalue weighted by Gasteiger charge is 2.30. The van der Waals surface area contributed by atoms with Gasteiger partial charge in [0, 0.05) is 12.6 Å². The summed E-state index contributed by atoms with van der Waals surface area (Å²) >= 11 is 0. The number of ether oxygens (including phenoxy) is 3. The zero-order valence-corrected chi connectivity index (χ0v) is 17.3. The van der Waals surface area contributed by atoms with E-state index < -0.39 is 10.8 Å². The van der Waals surface area contributed by atoms with Crippen LogP contribution in [0.25, 0.3) is 0 Å². The zero-order valence-electron chi connectivity index (χ0n) is 17.3. The lowest BCUT2D eigenvalue weighted by Crippen LogP contribution is -2.34. The van der Waals surface area contributed by atoms with Crippen molar-refractivity contribution in [1.29, 1.82) is 0 Å². The molecule has 2 aromatic carbocycles. The summed E-state index contributed by atoms with van der Waals surface area (Å²) in [4.78, 5) is 25.9. The molecular weight excluding hydrogens is 376 g/mol. The van der Waals surface area contributed by atoms with Gasteiger partial charge in [0.25, 0.3) is 11.6 Å². The lowest BCUT2D eigenvalue weighted by atomic mass is 10.0. The summed E-state index contributed by atoms with van der Waals surface area (Å²) in [6.07, 6.45) is 0. The van der Waals surface area contributed by atoms with Crippen LogP contribution in [-0.4, -0.2) is 43.1 Å². The van der Waals surface area contributed by atoms with Crippen molar-refractivity contribution in [2.24, 2.45) is 0 Å². The molecule has 0 fully saturated rings. The number of hydrogen-bond acceptors (Lipinski definition) is 6. The Balaban J connectivity index is 2.51. The van der Waals surface area contributed by atoms with E-state index in [1.807, 2.05) is 38.1 Å². The number of amides is 1. The van der Waals surface area contributed by atoms with E-state index in [-0.39, 0.29) is 28.8 Å². The van der Waals surface area contributed by atoms with E-state index in [0.717, 1.165) is 5.56 Å². The van der Waals surface area contributed by atoms with Crippen LogP contribution in [0.3, 0.4) is 0 Å². The quantitative estimate of drug-likeness (QED) is 0.460. The molecule has 0 bridgehead atoms. The number of carbonyl (C=O) groups is 1. The van der Waals surface area contributed by atoms with E-state index in [1.54, 1.807) is 18.9 Å². The van der Waals surface area contributed by atoms with Gasteiger partial charge in [-0.3, -0.25) is 14.9 Å². The molecule has 0 radical (unpaired) electrons. The number of rotatable bonds is 9. The molecule has 0 aliphatic heterocycles. The first-order valence-corrected chi connectivity index (χ1v) is 9.31. The third-order valence-corrected chi connectivity index (χ3v) is 4.65. The van der Waals surface area contributed by atoms with Gasteiger partial charge in [-0.25, -0.2) is 0 Å². The minimum Gasteiger partial charge on any atom is -0.497 e. The fraction of sp³-hybridized carbons (Fsp3) is 0.381. The molecule has 0 spiro atoms. The van der Waals surface area contributed by atoms with Gasteiger partial charge in [0.1, 0.15) is 11.3 Å². The Morgan fingerprint density at radius 3 is 2.41 bits per heavy atom. The van der Waals surface area contributed by atoms with Crippen LogP contribution in [0, 0.1) is 10.1 Å². The maximum absolute atomic E-state index is 13.3. The lowest BCUT2D eigenvalue weighted by Gasteiger charge is -2.29. The molecule has 2 aromatic rings. The average molecular weight is 402 g/mol. The molecule has 1 unspecified atom stereocenters. The van der Waals surface area contributed by atoms with Crippen LogP contribution >= 0.6 is 0 Å². The number of nitro benzene ring substituents is 1. The third-order valence-electron chi connectivity index (χ3n) is 4.65. The SMILES string of the molecule is CCOc1cc(C(=O)N(CC)C(C)c2cccc(OC)c2)c([N+](=O)[O-])cc1OC. The van der Waals surface area contributed by atoms with Crippen LogP contribution in [0.4, 0.5) is 5.69 Å². The topological polar surface area (TPSA) is 91.1 Å². The molecule has 1 atom stereocenters. The predicted octanol–water partition coefficient (Wildman–Crippen LogP) is 4.23. The second-order valence-corrected chi connectivity index (χ2v) is 6.25. The molecule has 8 nitrogen and oxygen atoms in total. The Morgan fingerprint density at radius 2 is 1.86 bits per heavy atom. The fourth-order valence-corrected chi connectivity index (χ4v) is 3.13. The highest BCUT2D eigenvalue weighted by Crippen LogP contribution is 2.36. The highest BCUT2D eigenvalue weighted by molar-refractivity contribution is 5.99. The van der Waals surface area contributed by atoms with Crippen molar-refractivity contribution in [2.75, 3.05) is 27.4 Å². The first kappa shape index (κ1) is 22.0. The monoisotopic (exact) mass is 402 g/mol. The molecule has 0 saturated heterocycles. The van der Waals surface area contributed by atoms with Crippen LogP contribution in [0.2, 0.25) is 0 Å². The van der Waals surface area contributed by atoms with E-state index >= 15 is 0 Å². The van der Waals surface area contributed by atoms with E-state index in [4.69, 9.17) is 14.2 Å². The molecule has 29 heavy (non-hydrogen) atoms. The minimum absolute atomic E-state index is 0.0455. The van der Waals surface area contributed by atoms with Gasteiger partial charge in [-0.05, 0) is 38.5 Å². The molecule has 0 heterocycles. The standard InChI is InChI=1S/C21H26N2O6/c1-6-22(14(3)15-9-8-10-16(11-15)27-4)21(24)17-12-20(29-7-2)19(28-5)13-18(17)23(25)26/h8-14H,6-7H2,1-5H3. The van der Waals surface area contributed by atoms with Gasteiger partial charge in [-0.15, -0.1) is 0 Å². The first-order chi connectivity index (χ1) is 13.9. The van der Waals surface area contributed by atoms with E-state index in [0.29, 0.717) is 18.9 Å². The van der Waals surface area contributed by atoms with Gasteiger partial charge >= 0.3 is 0 Å². The maximum atomic E-state index is 13.3. The largest absolute Gasteiger partial charge is 0.497 e. The molecule has 0 aromatic heterocycles. The first-order valence-electron chi connectivity index (χ1n) is 9.31. The van der Waals surface area contributed by atoms with Crippen molar-refractivity contribution in [2.45, 2.75) is 26.8 Å². The van der Waals surface area contributed by atoms with Crippen molar-refractivity contribution in [3.8, 4) is 17.2 Å². The summed E-state index contributed by atoms with van der Waals surface area (Å²) in [5, 5.41) is 11.6. The summed E-state index contributed by atoms with van der Waals surface area (Å²) in [5.74, 6) is 0.707. The van der Waals surface area contributed by atoms with Gasteiger partial charge in [0.2, 0.25) is 0 Å². The molecule has 156 valence electrons. The van der Waals surface area contributed by atoms with Crippen LogP contribution in [0.15, 0.2) is 36.4 Å².